The quantitative estimate of drug-likeness (QED) is 0.702. The van der Waals surface area contributed by atoms with E-state index in [1.165, 1.54) is 16.7 Å². The van der Waals surface area contributed by atoms with Crippen LogP contribution in [0.5, 0.6) is 0 Å². The Bertz CT molecular complexity index is 568. The normalized spacial score (nSPS) is 10.3. The van der Waals surface area contributed by atoms with Crippen LogP contribution >= 0.6 is 0 Å². The monoisotopic (exact) mass is 224 g/mol. The number of aryl methyl sites for hydroxylation is 3. The minimum Gasteiger partial charge on any atom is -0.298 e. The highest BCUT2D eigenvalue weighted by atomic mass is 16.1. The molecule has 0 aliphatic rings. The maximum Gasteiger partial charge on any atom is 0.150 e. The molecule has 86 valence electrons. The fraction of sp³-hybridized carbons (Fsp3) is 0.188. The van der Waals surface area contributed by atoms with Gasteiger partial charge >= 0.3 is 0 Å². The molecule has 0 aliphatic carbocycles. The van der Waals surface area contributed by atoms with Crippen LogP contribution in [0.3, 0.4) is 0 Å². The molecule has 0 fully saturated rings. The van der Waals surface area contributed by atoms with Gasteiger partial charge in [0.05, 0.1) is 0 Å². The van der Waals surface area contributed by atoms with Gasteiger partial charge in [-0.1, -0.05) is 47.5 Å². The van der Waals surface area contributed by atoms with E-state index in [2.05, 4.69) is 38.1 Å². The van der Waals surface area contributed by atoms with Gasteiger partial charge in [0.15, 0.2) is 6.29 Å². The fourth-order valence-corrected chi connectivity index (χ4v) is 2.03. The second-order valence-corrected chi connectivity index (χ2v) is 4.53. The molecule has 17 heavy (non-hydrogen) atoms. The van der Waals surface area contributed by atoms with Crippen molar-refractivity contribution in [2.45, 2.75) is 20.8 Å². The van der Waals surface area contributed by atoms with Gasteiger partial charge in [0.1, 0.15) is 0 Å². The van der Waals surface area contributed by atoms with E-state index < -0.39 is 0 Å². The number of aldehydes is 1. The highest BCUT2D eigenvalue weighted by Crippen LogP contribution is 2.28. The van der Waals surface area contributed by atoms with Gasteiger partial charge in [-0.05, 0) is 37.5 Å². The van der Waals surface area contributed by atoms with Gasteiger partial charge < -0.3 is 0 Å². The summed E-state index contributed by atoms with van der Waals surface area (Å²) < 4.78 is 0. The maximum absolute atomic E-state index is 11.1. The van der Waals surface area contributed by atoms with Gasteiger partial charge in [0, 0.05) is 5.56 Å². The van der Waals surface area contributed by atoms with E-state index in [4.69, 9.17) is 0 Å². The van der Waals surface area contributed by atoms with Crippen LogP contribution in [0, 0.1) is 20.8 Å². The topological polar surface area (TPSA) is 17.1 Å². The summed E-state index contributed by atoms with van der Waals surface area (Å²) in [4.78, 5) is 11.1. The third-order valence-corrected chi connectivity index (χ3v) is 3.02. The van der Waals surface area contributed by atoms with Crippen molar-refractivity contribution in [1.82, 2.24) is 0 Å². The summed E-state index contributed by atoms with van der Waals surface area (Å²) in [5.74, 6) is 0. The zero-order chi connectivity index (χ0) is 12.4. The van der Waals surface area contributed by atoms with Crippen LogP contribution in [0.1, 0.15) is 27.0 Å². The molecule has 2 rings (SSSR count). The van der Waals surface area contributed by atoms with Crippen LogP contribution in [0.15, 0.2) is 36.4 Å². The molecular formula is C16H16O. The molecule has 0 atom stereocenters. The number of carbonyl (C=O) groups excluding carboxylic acids is 1. The van der Waals surface area contributed by atoms with E-state index in [1.807, 2.05) is 19.1 Å². The lowest BCUT2D eigenvalue weighted by atomic mass is 9.94. The first-order valence-electron chi connectivity index (χ1n) is 5.75. The van der Waals surface area contributed by atoms with Crippen molar-refractivity contribution < 1.29 is 4.79 Å². The van der Waals surface area contributed by atoms with Crippen LogP contribution in [0.2, 0.25) is 0 Å². The van der Waals surface area contributed by atoms with Crippen molar-refractivity contribution in [2.24, 2.45) is 0 Å². The van der Waals surface area contributed by atoms with Crippen molar-refractivity contribution >= 4 is 6.29 Å². The number of hydrogen-bond donors (Lipinski definition) is 0. The van der Waals surface area contributed by atoms with Crippen LogP contribution in [0.4, 0.5) is 0 Å². The minimum absolute atomic E-state index is 0.754. The number of carbonyl (C=O) groups is 1. The van der Waals surface area contributed by atoms with Crippen LogP contribution in [0.25, 0.3) is 11.1 Å². The summed E-state index contributed by atoms with van der Waals surface area (Å²) in [6, 6.07) is 12.3. The van der Waals surface area contributed by atoms with Crippen molar-refractivity contribution in [3.8, 4) is 11.1 Å². The summed E-state index contributed by atoms with van der Waals surface area (Å²) >= 11 is 0. The Hall–Kier alpha value is -1.89. The first-order valence-corrected chi connectivity index (χ1v) is 5.75. The summed E-state index contributed by atoms with van der Waals surface area (Å²) in [5, 5.41) is 0. The predicted octanol–water partition coefficient (Wildman–Crippen LogP) is 4.09. The molecule has 1 heteroatoms. The largest absolute Gasteiger partial charge is 0.298 e. The average Bonchev–Trinajstić information content (AvgIpc) is 2.32. The number of hydrogen-bond acceptors (Lipinski definition) is 1. The van der Waals surface area contributed by atoms with Crippen molar-refractivity contribution in [3.63, 3.8) is 0 Å². The zero-order valence-corrected chi connectivity index (χ0v) is 10.4. The predicted molar refractivity (Wildman–Crippen MR) is 71.5 cm³/mol. The molecule has 0 saturated carbocycles. The molecule has 0 spiro atoms. The molecular weight excluding hydrogens is 208 g/mol. The van der Waals surface area contributed by atoms with E-state index in [9.17, 15) is 4.79 Å². The Morgan fingerprint density at radius 1 is 0.824 bits per heavy atom. The first-order chi connectivity index (χ1) is 8.11. The molecule has 2 aromatic carbocycles. The van der Waals surface area contributed by atoms with E-state index in [1.54, 1.807) is 0 Å². The van der Waals surface area contributed by atoms with Gasteiger partial charge in [0.2, 0.25) is 0 Å². The van der Waals surface area contributed by atoms with E-state index in [0.29, 0.717) is 0 Å². The Kier molecular flexibility index (Phi) is 3.10. The maximum atomic E-state index is 11.1. The van der Waals surface area contributed by atoms with Gasteiger partial charge in [-0.25, -0.2) is 0 Å². The number of rotatable bonds is 2. The van der Waals surface area contributed by atoms with Crippen LogP contribution in [-0.2, 0) is 0 Å². The molecule has 0 aliphatic heterocycles. The molecule has 0 unspecified atom stereocenters. The smallest absolute Gasteiger partial charge is 0.150 e. The van der Waals surface area contributed by atoms with Crippen molar-refractivity contribution in [3.05, 3.63) is 58.7 Å². The number of benzene rings is 2. The SMILES string of the molecule is Cc1ccc(C)c(-c2cc(C)ccc2C=O)c1. The third kappa shape index (κ3) is 2.28. The highest BCUT2D eigenvalue weighted by molar-refractivity contribution is 5.88. The van der Waals surface area contributed by atoms with Crippen LogP contribution < -0.4 is 0 Å². The molecule has 0 radical (unpaired) electrons. The van der Waals surface area contributed by atoms with Gasteiger partial charge in [-0.2, -0.15) is 0 Å². The van der Waals surface area contributed by atoms with E-state index in [-0.39, 0.29) is 0 Å². The lowest BCUT2D eigenvalue weighted by molar-refractivity contribution is 0.112. The molecule has 0 heterocycles. The summed E-state index contributed by atoms with van der Waals surface area (Å²) in [5.41, 5.74) is 6.51. The average molecular weight is 224 g/mol. The molecule has 2 aromatic rings. The minimum atomic E-state index is 0.754. The Morgan fingerprint density at radius 3 is 2.06 bits per heavy atom. The van der Waals surface area contributed by atoms with Gasteiger partial charge in [0.25, 0.3) is 0 Å². The van der Waals surface area contributed by atoms with Gasteiger partial charge in [-0.3, -0.25) is 4.79 Å². The molecule has 0 amide bonds. The molecule has 0 bridgehead atoms. The molecule has 0 saturated heterocycles. The van der Waals surface area contributed by atoms with Crippen molar-refractivity contribution in [1.29, 1.82) is 0 Å². The highest BCUT2D eigenvalue weighted by Gasteiger charge is 2.07. The van der Waals surface area contributed by atoms with Crippen molar-refractivity contribution in [2.75, 3.05) is 0 Å². The standard InChI is InChI=1S/C16H16O/c1-11-4-6-13(3)15(8-11)16-9-12(2)5-7-14(16)10-17/h4-10H,1-3H3. The molecule has 1 nitrogen and oxygen atoms in total. The lowest BCUT2D eigenvalue weighted by Gasteiger charge is -2.10. The second-order valence-electron chi connectivity index (χ2n) is 4.53. The zero-order valence-electron chi connectivity index (χ0n) is 10.4. The second kappa shape index (κ2) is 4.54. The van der Waals surface area contributed by atoms with E-state index in [0.717, 1.165) is 23.0 Å². The first kappa shape index (κ1) is 11.6. The summed E-state index contributed by atoms with van der Waals surface area (Å²) in [7, 11) is 0. The Balaban J connectivity index is 2.70. The third-order valence-electron chi connectivity index (χ3n) is 3.02. The summed E-state index contributed by atoms with van der Waals surface area (Å²) in [6.45, 7) is 6.19. The molecule has 0 aromatic heterocycles. The van der Waals surface area contributed by atoms with E-state index >= 15 is 0 Å². The van der Waals surface area contributed by atoms with Gasteiger partial charge in [-0.15, -0.1) is 0 Å². The molecule has 0 N–H and O–H groups in total. The summed E-state index contributed by atoms with van der Waals surface area (Å²) in [6.07, 6.45) is 0.927. The lowest BCUT2D eigenvalue weighted by Crippen LogP contribution is -1.92. The Morgan fingerprint density at radius 2 is 1.41 bits per heavy atom. The van der Waals surface area contributed by atoms with Crippen LogP contribution in [-0.4, -0.2) is 6.29 Å². The fourth-order valence-electron chi connectivity index (χ4n) is 2.03. The Labute approximate surface area is 102 Å².